The van der Waals surface area contributed by atoms with Crippen molar-refractivity contribution in [3.8, 4) is 22.3 Å². The van der Waals surface area contributed by atoms with E-state index in [-0.39, 0.29) is 5.41 Å². The van der Waals surface area contributed by atoms with Crippen LogP contribution in [0.2, 0.25) is 0 Å². The van der Waals surface area contributed by atoms with Crippen LogP contribution in [0.1, 0.15) is 57.3 Å². The Morgan fingerprint density at radius 3 is 1.43 bits per heavy atom. The highest BCUT2D eigenvalue weighted by Crippen LogP contribution is 2.63. The fourth-order valence-electron chi connectivity index (χ4n) is 6.41. The molecule has 6 rings (SSSR count). The topological polar surface area (TPSA) is 0 Å². The summed E-state index contributed by atoms with van der Waals surface area (Å²) in [7, 11) is 0. The molecule has 2 aliphatic rings. The van der Waals surface area contributed by atoms with E-state index in [0.717, 1.165) is 25.7 Å². The molecule has 4 aromatic carbocycles. The van der Waals surface area contributed by atoms with Crippen LogP contribution in [-0.2, 0) is 18.3 Å². The minimum absolute atomic E-state index is 0.263. The molecule has 0 atom stereocenters. The molecule has 0 heteroatoms. The smallest absolute Gasteiger partial charge is 0.0725 e. The number of hydrogen-bond donors (Lipinski definition) is 0. The lowest BCUT2D eigenvalue weighted by Gasteiger charge is -2.31. The summed E-state index contributed by atoms with van der Waals surface area (Å²) < 4.78 is 0. The second-order valence-corrected chi connectivity index (χ2v) is 10.3. The van der Waals surface area contributed by atoms with E-state index in [1.54, 1.807) is 0 Å². The normalized spacial score (nSPS) is 13.8. The average Bonchev–Trinajstić information content (AvgIpc) is 3.31. The Kier molecular flexibility index (Phi) is 5.15. The van der Waals surface area contributed by atoms with Gasteiger partial charge in [-0.3, -0.25) is 0 Å². The van der Waals surface area contributed by atoms with Gasteiger partial charge in [0.15, 0.2) is 0 Å². The van der Waals surface area contributed by atoms with E-state index < -0.39 is 0 Å². The lowest BCUT2D eigenvalue weighted by atomic mass is 9.70. The number of rotatable bonds is 6. The Hall–Kier alpha value is -3.64. The monoisotopic (exact) mass is 452 g/mol. The van der Waals surface area contributed by atoms with Crippen LogP contribution in [0, 0.1) is 13.8 Å². The molecule has 0 nitrogen and oxygen atoms in total. The summed E-state index contributed by atoms with van der Waals surface area (Å²) in [6.45, 7) is 12.3. The first-order valence-electron chi connectivity index (χ1n) is 12.8. The van der Waals surface area contributed by atoms with Crippen molar-refractivity contribution >= 4 is 0 Å². The number of hydrogen-bond acceptors (Lipinski definition) is 0. The van der Waals surface area contributed by atoms with Gasteiger partial charge in [-0.2, -0.15) is 0 Å². The molecule has 1 spiro atoms. The van der Waals surface area contributed by atoms with Crippen LogP contribution in [-0.4, -0.2) is 0 Å². The summed E-state index contributed by atoms with van der Waals surface area (Å²) in [5.74, 6) is 0. The zero-order valence-corrected chi connectivity index (χ0v) is 20.8. The van der Waals surface area contributed by atoms with Crippen molar-refractivity contribution in [2.75, 3.05) is 0 Å². The number of fused-ring (bicyclic) bond motifs is 10. The van der Waals surface area contributed by atoms with Crippen molar-refractivity contribution in [1.29, 1.82) is 0 Å². The zero-order chi connectivity index (χ0) is 24.2. The van der Waals surface area contributed by atoms with Crippen molar-refractivity contribution < 1.29 is 0 Å². The molecule has 35 heavy (non-hydrogen) atoms. The van der Waals surface area contributed by atoms with Gasteiger partial charge in [-0.25, -0.2) is 0 Å². The van der Waals surface area contributed by atoms with E-state index in [4.69, 9.17) is 0 Å². The van der Waals surface area contributed by atoms with Gasteiger partial charge in [-0.05, 0) is 95.2 Å². The van der Waals surface area contributed by atoms with E-state index in [0.29, 0.717) is 0 Å². The van der Waals surface area contributed by atoms with Crippen LogP contribution < -0.4 is 0 Å². The molecule has 2 aliphatic carbocycles. The Labute approximate surface area is 209 Å². The maximum atomic E-state index is 3.94. The van der Waals surface area contributed by atoms with Gasteiger partial charge < -0.3 is 0 Å². The summed E-state index contributed by atoms with van der Waals surface area (Å²) in [6, 6.07) is 28.5. The molecule has 0 aromatic heterocycles. The molecule has 0 amide bonds. The van der Waals surface area contributed by atoms with Crippen molar-refractivity contribution in [3.63, 3.8) is 0 Å². The Morgan fingerprint density at radius 2 is 1.00 bits per heavy atom. The van der Waals surface area contributed by atoms with Gasteiger partial charge in [0.05, 0.1) is 5.41 Å². The highest BCUT2D eigenvalue weighted by atomic mass is 14.5. The lowest BCUT2D eigenvalue weighted by molar-refractivity contribution is 0.790. The molecule has 0 N–H and O–H groups in total. The fourth-order valence-corrected chi connectivity index (χ4v) is 6.41. The Bertz CT molecular complexity index is 1380. The zero-order valence-electron chi connectivity index (χ0n) is 20.8. The summed E-state index contributed by atoms with van der Waals surface area (Å²) >= 11 is 0. The van der Waals surface area contributed by atoms with Gasteiger partial charge in [-0.1, -0.05) is 96.1 Å². The highest BCUT2D eigenvalue weighted by molar-refractivity contribution is 5.95. The second-order valence-electron chi connectivity index (χ2n) is 10.3. The highest BCUT2D eigenvalue weighted by Gasteiger charge is 2.51. The first-order valence-corrected chi connectivity index (χ1v) is 12.8. The van der Waals surface area contributed by atoms with E-state index in [1.807, 2.05) is 12.2 Å². The molecule has 0 bridgehead atoms. The van der Waals surface area contributed by atoms with Gasteiger partial charge >= 0.3 is 0 Å². The standard InChI is InChI=1S/C35H32/c1-5-7-9-25-13-17-31-29(21-25)30-22-26(10-8-6-2)14-18-32(30)35(31)33-19-23(3)11-15-27(33)28-16-12-24(4)20-34(28)35/h5-6,11-22H,1-2,7-10H2,3-4H3. The third-order valence-electron chi connectivity index (χ3n) is 7.99. The van der Waals surface area contributed by atoms with Crippen LogP contribution >= 0.6 is 0 Å². The van der Waals surface area contributed by atoms with Gasteiger partial charge in [0.1, 0.15) is 0 Å². The van der Waals surface area contributed by atoms with Crippen LogP contribution in [0.25, 0.3) is 22.3 Å². The minimum atomic E-state index is -0.263. The van der Waals surface area contributed by atoms with E-state index in [2.05, 4.69) is 99.8 Å². The molecule has 0 heterocycles. The molecular formula is C35H32. The molecule has 0 fully saturated rings. The fraction of sp³-hybridized carbons (Fsp3) is 0.200. The van der Waals surface area contributed by atoms with Gasteiger partial charge in [0.2, 0.25) is 0 Å². The second kappa shape index (κ2) is 8.24. The molecule has 0 saturated heterocycles. The van der Waals surface area contributed by atoms with Gasteiger partial charge in [0, 0.05) is 0 Å². The first kappa shape index (κ1) is 21.9. The largest absolute Gasteiger partial charge is 0.103 e. The van der Waals surface area contributed by atoms with Crippen LogP contribution in [0.3, 0.4) is 0 Å². The molecule has 0 aliphatic heterocycles. The van der Waals surface area contributed by atoms with Crippen molar-refractivity contribution in [2.24, 2.45) is 0 Å². The van der Waals surface area contributed by atoms with Crippen LogP contribution in [0.15, 0.2) is 98.1 Å². The van der Waals surface area contributed by atoms with Crippen molar-refractivity contribution in [2.45, 2.75) is 44.9 Å². The third kappa shape index (κ3) is 3.13. The Morgan fingerprint density at radius 1 is 0.543 bits per heavy atom. The molecule has 0 saturated carbocycles. The number of aryl methyl sites for hydroxylation is 4. The minimum Gasteiger partial charge on any atom is -0.103 e. The van der Waals surface area contributed by atoms with E-state index in [9.17, 15) is 0 Å². The number of allylic oxidation sites excluding steroid dienone is 2. The molecule has 0 radical (unpaired) electrons. The lowest BCUT2D eigenvalue weighted by Crippen LogP contribution is -2.26. The predicted molar refractivity (Wildman–Crippen MR) is 149 cm³/mol. The van der Waals surface area contributed by atoms with Crippen LogP contribution in [0.5, 0.6) is 0 Å². The summed E-state index contributed by atoms with van der Waals surface area (Å²) in [5.41, 5.74) is 16.4. The van der Waals surface area contributed by atoms with Gasteiger partial charge in [0.25, 0.3) is 0 Å². The maximum absolute atomic E-state index is 3.94. The molecule has 0 unspecified atom stereocenters. The first-order chi connectivity index (χ1) is 17.1. The van der Waals surface area contributed by atoms with Crippen molar-refractivity contribution in [1.82, 2.24) is 0 Å². The number of benzene rings is 4. The summed E-state index contributed by atoms with van der Waals surface area (Å²) in [4.78, 5) is 0. The summed E-state index contributed by atoms with van der Waals surface area (Å²) in [5, 5.41) is 0. The Balaban J connectivity index is 1.70. The van der Waals surface area contributed by atoms with E-state index in [1.165, 1.54) is 66.8 Å². The SMILES string of the molecule is C=CCCc1ccc2c(c1)-c1cc(CCC=C)ccc1C21c2cc(C)ccc2-c2ccc(C)cc21. The molecular weight excluding hydrogens is 420 g/mol. The third-order valence-corrected chi connectivity index (χ3v) is 7.99. The van der Waals surface area contributed by atoms with Crippen molar-refractivity contribution in [3.05, 3.63) is 143 Å². The summed E-state index contributed by atoms with van der Waals surface area (Å²) in [6.07, 6.45) is 8.10. The maximum Gasteiger partial charge on any atom is 0.0725 e. The molecule has 172 valence electrons. The van der Waals surface area contributed by atoms with E-state index >= 15 is 0 Å². The average molecular weight is 453 g/mol. The van der Waals surface area contributed by atoms with Gasteiger partial charge in [-0.15, -0.1) is 13.2 Å². The molecule has 4 aromatic rings. The predicted octanol–water partition coefficient (Wildman–Crippen LogP) is 8.88. The quantitative estimate of drug-likeness (QED) is 0.221. The van der Waals surface area contributed by atoms with Crippen LogP contribution in [0.4, 0.5) is 0 Å².